The van der Waals surface area contributed by atoms with E-state index in [0.717, 1.165) is 54.2 Å². The number of amides is 1. The second kappa shape index (κ2) is 9.39. The van der Waals surface area contributed by atoms with Crippen LogP contribution in [0.4, 0.5) is 17.3 Å². The van der Waals surface area contributed by atoms with Crippen LogP contribution in [0, 0.1) is 0 Å². The smallest absolute Gasteiger partial charge is 0.211 e. The number of aliphatic imine (C=N–C) groups is 1. The van der Waals surface area contributed by atoms with Crippen LogP contribution in [0.3, 0.4) is 0 Å². The first kappa shape index (κ1) is 19.2. The first-order chi connectivity index (χ1) is 14.3. The molecule has 1 fully saturated rings. The van der Waals surface area contributed by atoms with Crippen molar-refractivity contribution in [3.63, 3.8) is 0 Å². The Morgan fingerprint density at radius 3 is 2.69 bits per heavy atom. The highest BCUT2D eigenvalue weighted by molar-refractivity contribution is 7.99. The Bertz CT molecular complexity index is 909. The van der Waals surface area contributed by atoms with Crippen LogP contribution >= 0.6 is 11.8 Å². The summed E-state index contributed by atoms with van der Waals surface area (Å²) in [4.78, 5) is 27.4. The minimum absolute atomic E-state index is 0.539. The Labute approximate surface area is 173 Å². The molecule has 2 aliphatic heterocycles. The summed E-state index contributed by atoms with van der Waals surface area (Å²) >= 11 is 1.48. The van der Waals surface area contributed by atoms with E-state index in [0.29, 0.717) is 18.2 Å². The quantitative estimate of drug-likeness (QED) is 0.402. The van der Waals surface area contributed by atoms with Gasteiger partial charge in [0, 0.05) is 49.0 Å². The summed E-state index contributed by atoms with van der Waals surface area (Å²) in [5.41, 5.74) is 0.749. The van der Waals surface area contributed by atoms with E-state index in [1.165, 1.54) is 11.8 Å². The molecular formula is C19H22N8OS. The molecule has 1 aromatic heterocycles. The number of anilines is 3. The average Bonchev–Trinajstić information content (AvgIpc) is 2.76. The van der Waals surface area contributed by atoms with Crippen molar-refractivity contribution in [2.75, 3.05) is 48.4 Å². The van der Waals surface area contributed by atoms with Crippen molar-refractivity contribution < 1.29 is 4.79 Å². The molecule has 1 aromatic carbocycles. The van der Waals surface area contributed by atoms with Gasteiger partial charge in [-0.2, -0.15) is 0 Å². The normalized spacial score (nSPS) is 16.0. The fraction of sp³-hybridized carbons (Fsp3) is 0.263. The largest absolute Gasteiger partial charge is 0.354 e. The second-order valence-corrected chi connectivity index (χ2v) is 7.43. The maximum Gasteiger partial charge on any atom is 0.211 e. The predicted octanol–water partition coefficient (Wildman–Crippen LogP) is 1.49. The third-order valence-electron chi connectivity index (χ3n) is 4.39. The van der Waals surface area contributed by atoms with Gasteiger partial charge in [-0.05, 0) is 42.1 Å². The number of hydrogen-bond donors (Lipinski definition) is 4. The van der Waals surface area contributed by atoms with Crippen molar-refractivity contribution in [2.24, 2.45) is 4.99 Å². The van der Waals surface area contributed by atoms with Gasteiger partial charge >= 0.3 is 0 Å². The summed E-state index contributed by atoms with van der Waals surface area (Å²) in [5, 5.41) is 13.2. The first-order valence-corrected chi connectivity index (χ1v) is 10.2. The standard InChI is InChI=1S/C19H22N8OS/c28-13-23-14-1-3-15(4-2-14)29-19-25-17(24-16-5-6-21-12-22-16)11-18(26-19)27-9-7-20-8-10-27/h1-6,11,13,20,22H,7-10,12H2,(H,23,28)(H,24,25,26). The van der Waals surface area contributed by atoms with E-state index in [1.807, 2.05) is 36.4 Å². The SMILES string of the molecule is O=CNc1ccc(Sc2nc(NC3=CC=NCN3)cc(N3CCNCC3)n2)cc1. The molecule has 0 unspecified atom stereocenters. The van der Waals surface area contributed by atoms with Crippen LogP contribution in [0.25, 0.3) is 0 Å². The molecule has 0 atom stereocenters. The zero-order valence-electron chi connectivity index (χ0n) is 15.8. The number of nitrogens with zero attached hydrogens (tertiary/aromatic N) is 4. The highest BCUT2D eigenvalue weighted by atomic mass is 32.2. The van der Waals surface area contributed by atoms with Crippen molar-refractivity contribution in [2.45, 2.75) is 10.1 Å². The van der Waals surface area contributed by atoms with E-state index in [-0.39, 0.29) is 0 Å². The van der Waals surface area contributed by atoms with Gasteiger partial charge in [0.1, 0.15) is 24.1 Å². The van der Waals surface area contributed by atoms with Gasteiger partial charge in [-0.25, -0.2) is 9.97 Å². The van der Waals surface area contributed by atoms with Crippen LogP contribution in [0.2, 0.25) is 0 Å². The van der Waals surface area contributed by atoms with Crippen LogP contribution in [0.15, 0.2) is 57.3 Å². The minimum Gasteiger partial charge on any atom is -0.354 e. The van der Waals surface area contributed by atoms with Crippen LogP contribution in [-0.2, 0) is 4.79 Å². The van der Waals surface area contributed by atoms with Crippen molar-refractivity contribution in [1.29, 1.82) is 0 Å². The van der Waals surface area contributed by atoms with Crippen LogP contribution < -0.4 is 26.2 Å². The number of allylic oxidation sites excluding steroid dienone is 1. The number of carbonyl (C=O) groups excluding carboxylic acids is 1. The average molecular weight is 411 g/mol. The zero-order valence-corrected chi connectivity index (χ0v) is 16.6. The summed E-state index contributed by atoms with van der Waals surface area (Å²) in [6.45, 7) is 4.21. The van der Waals surface area contributed by atoms with Crippen LogP contribution in [0.1, 0.15) is 0 Å². The summed E-state index contributed by atoms with van der Waals surface area (Å²) in [5.74, 6) is 2.48. The Hall–Kier alpha value is -3.11. The fourth-order valence-electron chi connectivity index (χ4n) is 2.96. The van der Waals surface area contributed by atoms with E-state index < -0.39 is 0 Å². The molecule has 29 heavy (non-hydrogen) atoms. The fourth-order valence-corrected chi connectivity index (χ4v) is 3.73. The zero-order chi connectivity index (χ0) is 19.9. The third-order valence-corrected chi connectivity index (χ3v) is 5.27. The molecule has 3 heterocycles. The molecule has 1 amide bonds. The van der Waals surface area contributed by atoms with Crippen molar-refractivity contribution >= 4 is 41.7 Å². The minimum atomic E-state index is 0.539. The molecular weight excluding hydrogens is 388 g/mol. The lowest BCUT2D eigenvalue weighted by atomic mass is 10.3. The van der Waals surface area contributed by atoms with Crippen molar-refractivity contribution in [3.05, 3.63) is 42.2 Å². The summed E-state index contributed by atoms with van der Waals surface area (Å²) in [6, 6.07) is 9.55. The molecule has 2 aliphatic rings. The number of nitrogens with one attached hydrogen (secondary N) is 4. The highest BCUT2D eigenvalue weighted by Crippen LogP contribution is 2.29. The molecule has 4 N–H and O–H groups in total. The van der Waals surface area contributed by atoms with E-state index in [4.69, 9.17) is 4.98 Å². The molecule has 2 aromatic rings. The maximum atomic E-state index is 10.6. The summed E-state index contributed by atoms with van der Waals surface area (Å²) in [6.07, 6.45) is 4.31. The second-order valence-electron chi connectivity index (χ2n) is 6.39. The molecule has 4 rings (SSSR count). The molecule has 0 radical (unpaired) electrons. The Morgan fingerprint density at radius 1 is 1.14 bits per heavy atom. The van der Waals surface area contributed by atoms with Gasteiger partial charge in [0.2, 0.25) is 6.41 Å². The molecule has 1 saturated heterocycles. The lowest BCUT2D eigenvalue weighted by molar-refractivity contribution is -0.105. The molecule has 10 heteroatoms. The lowest BCUT2D eigenvalue weighted by Crippen LogP contribution is -2.44. The van der Waals surface area contributed by atoms with Crippen molar-refractivity contribution in [3.8, 4) is 0 Å². The summed E-state index contributed by atoms with van der Waals surface area (Å²) < 4.78 is 0. The number of carbonyl (C=O) groups is 1. The van der Waals surface area contributed by atoms with E-state index in [1.54, 1.807) is 6.21 Å². The molecule has 0 saturated carbocycles. The molecule has 0 bridgehead atoms. The number of benzene rings is 1. The molecule has 150 valence electrons. The molecule has 0 aliphatic carbocycles. The van der Waals surface area contributed by atoms with Gasteiger partial charge in [-0.1, -0.05) is 0 Å². The highest BCUT2D eigenvalue weighted by Gasteiger charge is 2.16. The first-order valence-electron chi connectivity index (χ1n) is 9.34. The van der Waals surface area contributed by atoms with Gasteiger partial charge < -0.3 is 26.2 Å². The van der Waals surface area contributed by atoms with E-state index >= 15 is 0 Å². The Morgan fingerprint density at radius 2 is 1.97 bits per heavy atom. The number of piperazine rings is 1. The number of aromatic nitrogens is 2. The molecule has 0 spiro atoms. The van der Waals surface area contributed by atoms with Gasteiger partial charge in [0.25, 0.3) is 0 Å². The topological polar surface area (TPSA) is 107 Å². The summed E-state index contributed by atoms with van der Waals surface area (Å²) in [7, 11) is 0. The van der Waals surface area contributed by atoms with Crippen LogP contribution in [-0.4, -0.2) is 55.4 Å². The third kappa shape index (κ3) is 5.24. The molecule has 9 nitrogen and oxygen atoms in total. The Balaban J connectivity index is 1.58. The van der Waals surface area contributed by atoms with E-state index in [9.17, 15) is 4.79 Å². The maximum absolute atomic E-state index is 10.6. The van der Waals surface area contributed by atoms with Gasteiger partial charge in [0.05, 0.1) is 0 Å². The number of rotatable bonds is 7. The van der Waals surface area contributed by atoms with Crippen LogP contribution in [0.5, 0.6) is 0 Å². The Kier molecular flexibility index (Phi) is 6.22. The number of hydrogen-bond acceptors (Lipinski definition) is 9. The van der Waals surface area contributed by atoms with Crippen molar-refractivity contribution in [1.82, 2.24) is 20.6 Å². The van der Waals surface area contributed by atoms with Gasteiger partial charge in [0.15, 0.2) is 5.16 Å². The van der Waals surface area contributed by atoms with Gasteiger partial charge in [-0.15, -0.1) is 0 Å². The lowest BCUT2D eigenvalue weighted by Gasteiger charge is -2.29. The van der Waals surface area contributed by atoms with Gasteiger partial charge in [-0.3, -0.25) is 9.79 Å². The monoisotopic (exact) mass is 410 g/mol. The predicted molar refractivity (Wildman–Crippen MR) is 116 cm³/mol. The van der Waals surface area contributed by atoms with E-state index in [2.05, 4.69) is 36.1 Å².